The summed E-state index contributed by atoms with van der Waals surface area (Å²) in [4.78, 5) is 23.4. The van der Waals surface area contributed by atoms with Crippen LogP contribution >= 0.6 is 7.14 Å². The van der Waals surface area contributed by atoms with Crippen molar-refractivity contribution >= 4 is 28.8 Å². The number of aromatic nitrogens is 2. The quantitative estimate of drug-likeness (QED) is 0.232. The van der Waals surface area contributed by atoms with E-state index in [-0.39, 0.29) is 5.78 Å². The van der Waals surface area contributed by atoms with E-state index >= 15 is 0 Å². The number of hydrogen-bond acceptors (Lipinski definition) is 4. The first kappa shape index (κ1) is 24.1. The van der Waals surface area contributed by atoms with E-state index in [1.165, 1.54) is 0 Å². The minimum Gasteiger partial charge on any atom is -0.309 e. The Hall–Kier alpha value is -4.92. The maximum Gasteiger partial charge on any atom is 0.198 e. The van der Waals surface area contributed by atoms with Gasteiger partial charge in [-0.2, -0.15) is 0 Å². The first-order valence-electron chi connectivity index (χ1n) is 13.1. The van der Waals surface area contributed by atoms with Crippen LogP contribution < -0.4 is 15.9 Å². The third-order valence-corrected chi connectivity index (χ3v) is 10.4. The molecule has 5 heteroatoms. The SMILES string of the molecule is O=C1c2ccccc2-c2nc(-c3ccccc3)nc(-c3ccc(P(=O)(c4ccccc4)c4ccccc4)cc3)c21. The van der Waals surface area contributed by atoms with Gasteiger partial charge in [0.05, 0.1) is 17.0 Å². The average molecular weight is 535 g/mol. The molecular formula is C35H23N2O2P. The molecule has 0 spiro atoms. The predicted octanol–water partition coefficient (Wildman–Crippen LogP) is 6.66. The monoisotopic (exact) mass is 534 g/mol. The zero-order chi connectivity index (χ0) is 27.1. The van der Waals surface area contributed by atoms with Gasteiger partial charge in [-0.05, 0) is 0 Å². The number of hydrogen-bond donors (Lipinski definition) is 0. The molecule has 1 aliphatic rings. The van der Waals surface area contributed by atoms with E-state index in [9.17, 15) is 9.36 Å². The Kier molecular flexibility index (Phi) is 5.84. The molecular weight excluding hydrogens is 511 g/mol. The number of ketones is 1. The van der Waals surface area contributed by atoms with Crippen LogP contribution in [0.5, 0.6) is 0 Å². The minimum atomic E-state index is -3.12. The topological polar surface area (TPSA) is 59.9 Å². The third-order valence-electron chi connectivity index (χ3n) is 7.34. The first-order chi connectivity index (χ1) is 19.6. The number of benzene rings is 5. The van der Waals surface area contributed by atoms with Crippen LogP contribution in [0.25, 0.3) is 33.9 Å². The van der Waals surface area contributed by atoms with E-state index in [1.807, 2.05) is 140 Å². The van der Waals surface area contributed by atoms with Gasteiger partial charge in [-0.1, -0.05) is 140 Å². The lowest BCUT2D eigenvalue weighted by molar-refractivity contribution is 0.104. The van der Waals surface area contributed by atoms with Crippen LogP contribution in [0.15, 0.2) is 140 Å². The van der Waals surface area contributed by atoms with E-state index in [0.29, 0.717) is 28.3 Å². The first-order valence-corrected chi connectivity index (χ1v) is 14.8. The molecule has 5 aromatic carbocycles. The molecule has 190 valence electrons. The van der Waals surface area contributed by atoms with Gasteiger partial charge in [-0.15, -0.1) is 0 Å². The molecule has 6 aromatic rings. The van der Waals surface area contributed by atoms with Crippen LogP contribution in [-0.2, 0) is 4.57 Å². The van der Waals surface area contributed by atoms with Gasteiger partial charge in [0, 0.05) is 38.2 Å². The zero-order valence-electron chi connectivity index (χ0n) is 21.4. The predicted molar refractivity (Wildman–Crippen MR) is 161 cm³/mol. The molecule has 0 bridgehead atoms. The summed E-state index contributed by atoms with van der Waals surface area (Å²) < 4.78 is 14.8. The molecule has 4 nitrogen and oxygen atoms in total. The van der Waals surface area contributed by atoms with Crippen molar-refractivity contribution in [3.05, 3.63) is 151 Å². The Morgan fingerprint density at radius 2 is 0.925 bits per heavy atom. The van der Waals surface area contributed by atoms with Crippen LogP contribution in [0.4, 0.5) is 0 Å². The average Bonchev–Trinajstić information content (AvgIpc) is 3.33. The van der Waals surface area contributed by atoms with E-state index in [2.05, 4.69) is 0 Å². The van der Waals surface area contributed by atoms with Gasteiger partial charge in [0.25, 0.3) is 0 Å². The Bertz CT molecular complexity index is 1880. The largest absolute Gasteiger partial charge is 0.309 e. The maximum atomic E-state index is 14.8. The van der Waals surface area contributed by atoms with E-state index in [4.69, 9.17) is 9.97 Å². The van der Waals surface area contributed by atoms with Crippen molar-refractivity contribution in [2.24, 2.45) is 0 Å². The molecule has 0 amide bonds. The summed E-state index contributed by atoms with van der Waals surface area (Å²) in [5, 5.41) is 2.26. The van der Waals surface area contributed by atoms with Crippen molar-refractivity contribution in [1.82, 2.24) is 9.97 Å². The molecule has 7 rings (SSSR count). The molecule has 0 aliphatic heterocycles. The van der Waals surface area contributed by atoms with Gasteiger partial charge in [0.1, 0.15) is 0 Å². The second-order valence-electron chi connectivity index (χ2n) is 9.69. The molecule has 0 saturated heterocycles. The Balaban J connectivity index is 1.41. The third kappa shape index (κ3) is 3.85. The lowest BCUT2D eigenvalue weighted by atomic mass is 10.0. The molecule has 0 saturated carbocycles. The van der Waals surface area contributed by atoms with Crippen LogP contribution in [0.3, 0.4) is 0 Å². The fourth-order valence-electron chi connectivity index (χ4n) is 5.37. The zero-order valence-corrected chi connectivity index (χ0v) is 22.3. The second-order valence-corrected chi connectivity index (χ2v) is 12.5. The molecule has 0 atom stereocenters. The summed E-state index contributed by atoms with van der Waals surface area (Å²) in [6, 6.07) is 44.2. The summed E-state index contributed by atoms with van der Waals surface area (Å²) in [6.07, 6.45) is 0. The van der Waals surface area contributed by atoms with Crippen LogP contribution in [0.2, 0.25) is 0 Å². The number of carbonyl (C=O) groups is 1. The minimum absolute atomic E-state index is 0.0801. The number of carbonyl (C=O) groups excluding carboxylic acids is 1. The molecule has 0 unspecified atom stereocenters. The molecule has 1 heterocycles. The molecule has 0 N–H and O–H groups in total. The van der Waals surface area contributed by atoms with Crippen LogP contribution in [0, 0.1) is 0 Å². The number of nitrogens with zero attached hydrogens (tertiary/aromatic N) is 2. The number of fused-ring (bicyclic) bond motifs is 3. The fraction of sp³-hybridized carbons (Fsp3) is 0. The summed E-state index contributed by atoms with van der Waals surface area (Å²) in [5.74, 6) is 0.478. The van der Waals surface area contributed by atoms with Gasteiger partial charge in [0.2, 0.25) is 0 Å². The highest BCUT2D eigenvalue weighted by Gasteiger charge is 2.33. The van der Waals surface area contributed by atoms with Gasteiger partial charge in [-0.3, -0.25) is 4.79 Å². The normalized spacial score (nSPS) is 12.2. The highest BCUT2D eigenvalue weighted by atomic mass is 31.2. The maximum absolute atomic E-state index is 14.8. The van der Waals surface area contributed by atoms with Crippen molar-refractivity contribution in [3.63, 3.8) is 0 Å². The van der Waals surface area contributed by atoms with E-state index < -0.39 is 7.14 Å². The van der Waals surface area contributed by atoms with Crippen LogP contribution in [-0.4, -0.2) is 15.8 Å². The fourth-order valence-corrected chi connectivity index (χ4v) is 8.02. The van der Waals surface area contributed by atoms with E-state index in [0.717, 1.165) is 32.6 Å². The molecule has 0 radical (unpaired) electrons. The number of rotatable bonds is 5. The smallest absolute Gasteiger partial charge is 0.198 e. The summed E-state index contributed by atoms with van der Waals surface area (Å²) in [7, 11) is -3.12. The van der Waals surface area contributed by atoms with Crippen molar-refractivity contribution in [3.8, 4) is 33.9 Å². The van der Waals surface area contributed by atoms with Crippen LogP contribution in [0.1, 0.15) is 15.9 Å². The Morgan fingerprint density at radius 1 is 0.450 bits per heavy atom. The van der Waals surface area contributed by atoms with Gasteiger partial charge in [0.15, 0.2) is 18.7 Å². The molecule has 1 aliphatic carbocycles. The lowest BCUT2D eigenvalue weighted by Gasteiger charge is -2.20. The standard InChI is InChI=1S/C35H23N2O2P/c38-34-30-19-11-10-18-29(30)33-31(34)32(36-35(37-33)25-12-4-1-5-13-25)24-20-22-28(23-21-24)40(39,26-14-6-2-7-15-26)27-16-8-3-9-17-27/h1-23H. The van der Waals surface area contributed by atoms with Crippen molar-refractivity contribution < 1.29 is 9.36 Å². The summed E-state index contributed by atoms with van der Waals surface area (Å²) >= 11 is 0. The summed E-state index contributed by atoms with van der Waals surface area (Å²) in [6.45, 7) is 0. The van der Waals surface area contributed by atoms with E-state index in [1.54, 1.807) is 0 Å². The molecule has 0 fully saturated rings. The van der Waals surface area contributed by atoms with Gasteiger partial charge < -0.3 is 4.57 Å². The Labute approximate surface area is 232 Å². The lowest BCUT2D eigenvalue weighted by Crippen LogP contribution is -2.24. The van der Waals surface area contributed by atoms with Gasteiger partial charge in [-0.25, -0.2) is 9.97 Å². The Morgan fingerprint density at radius 3 is 1.52 bits per heavy atom. The van der Waals surface area contributed by atoms with Crippen molar-refractivity contribution in [2.45, 2.75) is 0 Å². The van der Waals surface area contributed by atoms with Gasteiger partial charge >= 0.3 is 0 Å². The molecule has 40 heavy (non-hydrogen) atoms. The second kappa shape index (κ2) is 9.68. The summed E-state index contributed by atoms with van der Waals surface area (Å²) in [5.41, 5.74) is 4.82. The van der Waals surface area contributed by atoms with Crippen molar-refractivity contribution in [1.29, 1.82) is 0 Å². The highest BCUT2D eigenvalue weighted by molar-refractivity contribution is 7.85. The highest BCUT2D eigenvalue weighted by Crippen LogP contribution is 2.44. The molecule has 1 aromatic heterocycles. The van der Waals surface area contributed by atoms with Crippen molar-refractivity contribution in [2.75, 3.05) is 0 Å².